The second-order valence-corrected chi connectivity index (χ2v) is 5.01. The van der Waals surface area contributed by atoms with E-state index in [1.54, 1.807) is 17.1 Å². The van der Waals surface area contributed by atoms with E-state index in [2.05, 4.69) is 25.6 Å². The second kappa shape index (κ2) is 4.64. The molecule has 2 aromatic heterocycles. The van der Waals surface area contributed by atoms with Gasteiger partial charge in [-0.3, -0.25) is 4.98 Å². The van der Waals surface area contributed by atoms with Crippen molar-refractivity contribution in [1.29, 1.82) is 0 Å². The van der Waals surface area contributed by atoms with E-state index in [0.29, 0.717) is 11.9 Å². The molecule has 0 aliphatic heterocycles. The highest BCUT2D eigenvalue weighted by atomic mass is 15.4. The van der Waals surface area contributed by atoms with Crippen molar-refractivity contribution < 1.29 is 0 Å². The van der Waals surface area contributed by atoms with Gasteiger partial charge in [0.25, 0.3) is 0 Å². The predicted octanol–water partition coefficient (Wildman–Crippen LogP) is 1.46. The molecule has 1 saturated carbocycles. The Labute approximate surface area is 115 Å². The van der Waals surface area contributed by atoms with E-state index >= 15 is 0 Å². The molecule has 20 heavy (non-hydrogen) atoms. The molecule has 0 amide bonds. The van der Waals surface area contributed by atoms with Crippen LogP contribution in [0.3, 0.4) is 0 Å². The number of hydrogen-bond acceptors (Lipinski definition) is 5. The summed E-state index contributed by atoms with van der Waals surface area (Å²) in [7, 11) is 0. The molecule has 6 nitrogen and oxygen atoms in total. The van der Waals surface area contributed by atoms with Gasteiger partial charge in [-0.2, -0.15) is 4.68 Å². The monoisotopic (exact) mass is 266 g/mol. The van der Waals surface area contributed by atoms with E-state index < -0.39 is 0 Å². The number of para-hydroxylation sites is 1. The van der Waals surface area contributed by atoms with Crippen LogP contribution in [0.5, 0.6) is 0 Å². The SMILES string of the molecule is c1ccc2c(c1)nnn2-c1cnc(CNC2CC2)cn1. The standard InChI is InChI=1S/C14H14N6/c1-2-4-13-12(3-1)18-19-20(13)14-9-16-11(8-17-14)7-15-10-5-6-10/h1-4,8-10,15H,5-7H2. The molecule has 0 spiro atoms. The number of aromatic nitrogens is 5. The number of nitrogens with zero attached hydrogens (tertiary/aromatic N) is 5. The molecule has 0 radical (unpaired) electrons. The molecule has 2 heterocycles. The highest BCUT2D eigenvalue weighted by Crippen LogP contribution is 2.19. The summed E-state index contributed by atoms with van der Waals surface area (Å²) in [4.78, 5) is 8.86. The van der Waals surface area contributed by atoms with Crippen LogP contribution in [0.4, 0.5) is 0 Å². The molecule has 1 N–H and O–H groups in total. The fourth-order valence-corrected chi connectivity index (χ4v) is 2.12. The van der Waals surface area contributed by atoms with Gasteiger partial charge >= 0.3 is 0 Å². The molecule has 3 aromatic rings. The van der Waals surface area contributed by atoms with Crippen LogP contribution < -0.4 is 5.32 Å². The maximum atomic E-state index is 4.43. The molecule has 0 saturated heterocycles. The first-order valence-corrected chi connectivity index (χ1v) is 6.75. The van der Waals surface area contributed by atoms with Gasteiger partial charge in [-0.15, -0.1) is 5.10 Å². The third kappa shape index (κ3) is 2.14. The van der Waals surface area contributed by atoms with Crippen LogP contribution in [-0.4, -0.2) is 31.0 Å². The molecule has 1 aromatic carbocycles. The molecule has 6 heteroatoms. The zero-order chi connectivity index (χ0) is 13.4. The quantitative estimate of drug-likeness (QED) is 0.774. The zero-order valence-electron chi connectivity index (χ0n) is 10.9. The van der Waals surface area contributed by atoms with Crippen molar-refractivity contribution in [2.75, 3.05) is 0 Å². The summed E-state index contributed by atoms with van der Waals surface area (Å²) in [6.45, 7) is 0.774. The third-order valence-electron chi connectivity index (χ3n) is 3.41. The Bertz CT molecular complexity index is 729. The van der Waals surface area contributed by atoms with Crippen LogP contribution in [0.15, 0.2) is 36.7 Å². The van der Waals surface area contributed by atoms with E-state index in [1.807, 2.05) is 24.3 Å². The third-order valence-corrected chi connectivity index (χ3v) is 3.41. The highest BCUT2D eigenvalue weighted by molar-refractivity contribution is 5.75. The summed E-state index contributed by atoms with van der Waals surface area (Å²) in [6.07, 6.45) is 6.08. The summed E-state index contributed by atoms with van der Waals surface area (Å²) in [6, 6.07) is 8.49. The summed E-state index contributed by atoms with van der Waals surface area (Å²) in [5.74, 6) is 0.689. The topological polar surface area (TPSA) is 68.5 Å². The maximum absolute atomic E-state index is 4.43. The minimum absolute atomic E-state index is 0.677. The average Bonchev–Trinajstić information content (AvgIpc) is 3.23. The van der Waals surface area contributed by atoms with Crippen molar-refractivity contribution >= 4 is 11.0 Å². The van der Waals surface area contributed by atoms with Crippen LogP contribution in [0.25, 0.3) is 16.9 Å². The van der Waals surface area contributed by atoms with Crippen molar-refractivity contribution in [3.63, 3.8) is 0 Å². The van der Waals surface area contributed by atoms with Gasteiger partial charge in [0.1, 0.15) is 5.52 Å². The van der Waals surface area contributed by atoms with E-state index in [9.17, 15) is 0 Å². The normalized spacial score (nSPS) is 14.8. The van der Waals surface area contributed by atoms with Crippen molar-refractivity contribution in [3.8, 4) is 5.82 Å². The average molecular weight is 266 g/mol. The van der Waals surface area contributed by atoms with Gasteiger partial charge in [0, 0.05) is 12.6 Å². The Kier molecular flexibility index (Phi) is 2.67. The van der Waals surface area contributed by atoms with Crippen LogP contribution in [0.2, 0.25) is 0 Å². The smallest absolute Gasteiger partial charge is 0.174 e. The molecule has 1 aliphatic carbocycles. The van der Waals surface area contributed by atoms with Crippen LogP contribution in [0, 0.1) is 0 Å². The lowest BCUT2D eigenvalue weighted by Crippen LogP contribution is -2.16. The van der Waals surface area contributed by atoms with Crippen LogP contribution >= 0.6 is 0 Å². The summed E-state index contributed by atoms with van der Waals surface area (Å²) in [5, 5.41) is 11.7. The van der Waals surface area contributed by atoms with Gasteiger partial charge in [-0.05, 0) is 25.0 Å². The fourth-order valence-electron chi connectivity index (χ4n) is 2.12. The first-order chi connectivity index (χ1) is 9.90. The van der Waals surface area contributed by atoms with Crippen molar-refractivity contribution in [2.24, 2.45) is 0 Å². The number of nitrogens with one attached hydrogen (secondary N) is 1. The van der Waals surface area contributed by atoms with Gasteiger partial charge in [-0.1, -0.05) is 17.3 Å². The molecule has 1 fully saturated rings. The van der Waals surface area contributed by atoms with Crippen LogP contribution in [0.1, 0.15) is 18.5 Å². The predicted molar refractivity (Wildman–Crippen MR) is 74.3 cm³/mol. The minimum Gasteiger partial charge on any atom is -0.308 e. The molecule has 0 atom stereocenters. The number of fused-ring (bicyclic) bond motifs is 1. The summed E-state index contributed by atoms with van der Waals surface area (Å²) < 4.78 is 1.71. The largest absolute Gasteiger partial charge is 0.308 e. The van der Waals surface area contributed by atoms with Crippen LogP contribution in [-0.2, 0) is 6.54 Å². The number of benzene rings is 1. The summed E-state index contributed by atoms with van der Waals surface area (Å²) >= 11 is 0. The number of hydrogen-bond donors (Lipinski definition) is 1. The highest BCUT2D eigenvalue weighted by Gasteiger charge is 2.20. The first-order valence-electron chi connectivity index (χ1n) is 6.75. The lowest BCUT2D eigenvalue weighted by atomic mass is 10.3. The van der Waals surface area contributed by atoms with Gasteiger partial charge < -0.3 is 5.32 Å². The Hall–Kier alpha value is -2.34. The Balaban J connectivity index is 1.61. The molecule has 4 rings (SSSR count). The molecule has 1 aliphatic rings. The van der Waals surface area contributed by atoms with E-state index in [1.165, 1.54) is 12.8 Å². The summed E-state index contributed by atoms with van der Waals surface area (Å²) in [5.41, 5.74) is 2.74. The Morgan fingerprint density at radius 1 is 1.15 bits per heavy atom. The van der Waals surface area contributed by atoms with Crippen molar-refractivity contribution in [2.45, 2.75) is 25.4 Å². The van der Waals surface area contributed by atoms with Crippen molar-refractivity contribution in [1.82, 2.24) is 30.3 Å². The molecule has 0 unspecified atom stereocenters. The van der Waals surface area contributed by atoms with E-state index in [0.717, 1.165) is 23.3 Å². The number of rotatable bonds is 4. The molecular weight excluding hydrogens is 252 g/mol. The van der Waals surface area contributed by atoms with Crippen molar-refractivity contribution in [3.05, 3.63) is 42.4 Å². The van der Waals surface area contributed by atoms with Gasteiger partial charge in [0.2, 0.25) is 0 Å². The second-order valence-electron chi connectivity index (χ2n) is 5.01. The van der Waals surface area contributed by atoms with Gasteiger partial charge in [0.15, 0.2) is 5.82 Å². The first kappa shape index (κ1) is 11.5. The lowest BCUT2D eigenvalue weighted by Gasteiger charge is -2.04. The lowest BCUT2D eigenvalue weighted by molar-refractivity contribution is 0.669. The van der Waals surface area contributed by atoms with E-state index in [4.69, 9.17) is 0 Å². The minimum atomic E-state index is 0.677. The van der Waals surface area contributed by atoms with Gasteiger partial charge in [-0.25, -0.2) is 4.98 Å². The molecule has 0 bridgehead atoms. The maximum Gasteiger partial charge on any atom is 0.174 e. The Morgan fingerprint density at radius 3 is 2.85 bits per heavy atom. The van der Waals surface area contributed by atoms with E-state index in [-0.39, 0.29) is 0 Å². The van der Waals surface area contributed by atoms with Gasteiger partial charge in [0.05, 0.1) is 23.6 Å². The molecule has 100 valence electrons. The fraction of sp³-hybridized carbons (Fsp3) is 0.286. The zero-order valence-corrected chi connectivity index (χ0v) is 10.9. The Morgan fingerprint density at radius 2 is 2.05 bits per heavy atom. The molecular formula is C14H14N6.